The molecule has 0 aromatic carbocycles. The van der Waals surface area contributed by atoms with Gasteiger partial charge in [0.25, 0.3) is 0 Å². The van der Waals surface area contributed by atoms with Gasteiger partial charge in [-0.2, -0.15) is 0 Å². The zero-order valence-corrected chi connectivity index (χ0v) is 12.5. The van der Waals surface area contributed by atoms with Gasteiger partial charge in [-0.1, -0.05) is 12.8 Å². The standard InChI is InChI=1S/C16H29NO2/c1-16(2,15(18)19)10-6-12-17-11-5-9-14(17)13-7-3-4-8-13/h13-14H,3-12H2,1-2H3,(H,18,19). The Morgan fingerprint density at radius 3 is 2.53 bits per heavy atom. The molecule has 0 radical (unpaired) electrons. The van der Waals surface area contributed by atoms with Crippen LogP contribution >= 0.6 is 0 Å². The van der Waals surface area contributed by atoms with E-state index in [2.05, 4.69) is 4.90 Å². The molecule has 0 aromatic rings. The Morgan fingerprint density at radius 2 is 1.89 bits per heavy atom. The molecule has 1 saturated heterocycles. The molecule has 1 aliphatic carbocycles. The van der Waals surface area contributed by atoms with Gasteiger partial charge < -0.3 is 10.0 Å². The quantitative estimate of drug-likeness (QED) is 0.800. The molecule has 3 heteroatoms. The third-order valence-corrected chi connectivity index (χ3v) is 5.18. The first-order chi connectivity index (χ1) is 9.00. The van der Waals surface area contributed by atoms with Crippen molar-refractivity contribution in [3.63, 3.8) is 0 Å². The summed E-state index contributed by atoms with van der Waals surface area (Å²) in [4.78, 5) is 13.8. The van der Waals surface area contributed by atoms with Crippen molar-refractivity contribution in [2.45, 2.75) is 71.3 Å². The Morgan fingerprint density at radius 1 is 1.21 bits per heavy atom. The van der Waals surface area contributed by atoms with Crippen LogP contribution in [0.4, 0.5) is 0 Å². The van der Waals surface area contributed by atoms with Gasteiger partial charge in [0, 0.05) is 6.04 Å². The van der Waals surface area contributed by atoms with Crippen LogP contribution in [0.15, 0.2) is 0 Å². The van der Waals surface area contributed by atoms with Crippen molar-refractivity contribution in [2.75, 3.05) is 13.1 Å². The lowest BCUT2D eigenvalue weighted by Crippen LogP contribution is -2.36. The summed E-state index contributed by atoms with van der Waals surface area (Å²) < 4.78 is 0. The first kappa shape index (κ1) is 14.8. The van der Waals surface area contributed by atoms with E-state index in [1.54, 1.807) is 0 Å². The van der Waals surface area contributed by atoms with Gasteiger partial charge in [-0.25, -0.2) is 0 Å². The largest absolute Gasteiger partial charge is 0.481 e. The third kappa shape index (κ3) is 3.71. The highest BCUT2D eigenvalue weighted by Gasteiger charge is 2.33. The molecule has 0 bridgehead atoms. The smallest absolute Gasteiger partial charge is 0.309 e. The van der Waals surface area contributed by atoms with Crippen molar-refractivity contribution in [2.24, 2.45) is 11.3 Å². The number of aliphatic carboxylic acids is 1. The fraction of sp³-hybridized carbons (Fsp3) is 0.938. The van der Waals surface area contributed by atoms with Crippen LogP contribution < -0.4 is 0 Å². The molecular weight excluding hydrogens is 238 g/mol. The lowest BCUT2D eigenvalue weighted by atomic mass is 9.88. The van der Waals surface area contributed by atoms with Crippen LogP contribution in [0.5, 0.6) is 0 Å². The molecule has 1 atom stereocenters. The van der Waals surface area contributed by atoms with Crippen LogP contribution in [0.1, 0.15) is 65.2 Å². The molecule has 2 aliphatic rings. The molecule has 1 N–H and O–H groups in total. The molecule has 2 rings (SSSR count). The first-order valence-electron chi connectivity index (χ1n) is 7.98. The molecule has 19 heavy (non-hydrogen) atoms. The van der Waals surface area contributed by atoms with E-state index in [0.717, 1.165) is 31.3 Å². The van der Waals surface area contributed by atoms with Crippen molar-refractivity contribution >= 4 is 5.97 Å². The van der Waals surface area contributed by atoms with Crippen molar-refractivity contribution in [1.29, 1.82) is 0 Å². The van der Waals surface area contributed by atoms with E-state index in [9.17, 15) is 4.79 Å². The number of nitrogens with zero attached hydrogens (tertiary/aromatic N) is 1. The van der Waals surface area contributed by atoms with Crippen LogP contribution in [-0.2, 0) is 4.79 Å². The predicted molar refractivity (Wildman–Crippen MR) is 77.2 cm³/mol. The lowest BCUT2D eigenvalue weighted by molar-refractivity contribution is -0.147. The second-order valence-electron chi connectivity index (χ2n) is 7.08. The van der Waals surface area contributed by atoms with Crippen LogP contribution in [0.25, 0.3) is 0 Å². The SMILES string of the molecule is CC(C)(CCCN1CCCC1C1CCCC1)C(=O)O. The number of hydrogen-bond acceptors (Lipinski definition) is 2. The van der Waals surface area contributed by atoms with Crippen molar-refractivity contribution in [3.8, 4) is 0 Å². The highest BCUT2D eigenvalue weighted by atomic mass is 16.4. The fourth-order valence-corrected chi connectivity index (χ4v) is 3.84. The maximum atomic E-state index is 11.1. The molecule has 0 amide bonds. The zero-order chi connectivity index (χ0) is 13.9. The van der Waals surface area contributed by atoms with Crippen LogP contribution in [0.2, 0.25) is 0 Å². The summed E-state index contributed by atoms with van der Waals surface area (Å²) in [5, 5.41) is 9.14. The minimum absolute atomic E-state index is 0.567. The molecule has 110 valence electrons. The average Bonchev–Trinajstić information content (AvgIpc) is 2.97. The fourth-order valence-electron chi connectivity index (χ4n) is 3.84. The Labute approximate surface area is 117 Å². The van der Waals surface area contributed by atoms with Gasteiger partial charge in [0.2, 0.25) is 0 Å². The van der Waals surface area contributed by atoms with Gasteiger partial charge in [-0.15, -0.1) is 0 Å². The van der Waals surface area contributed by atoms with E-state index in [1.165, 1.54) is 45.1 Å². The Balaban J connectivity index is 1.77. The van der Waals surface area contributed by atoms with E-state index in [0.29, 0.717) is 0 Å². The van der Waals surface area contributed by atoms with Crippen LogP contribution in [0.3, 0.4) is 0 Å². The number of carbonyl (C=O) groups is 1. The number of hydrogen-bond donors (Lipinski definition) is 1. The van der Waals surface area contributed by atoms with E-state index in [1.807, 2.05) is 13.8 Å². The molecule has 1 unspecified atom stereocenters. The minimum atomic E-state index is -0.665. The van der Waals surface area contributed by atoms with Crippen LogP contribution in [-0.4, -0.2) is 35.1 Å². The maximum absolute atomic E-state index is 11.1. The van der Waals surface area contributed by atoms with Crippen molar-refractivity contribution in [1.82, 2.24) is 4.90 Å². The van der Waals surface area contributed by atoms with Gasteiger partial charge in [0.05, 0.1) is 5.41 Å². The first-order valence-corrected chi connectivity index (χ1v) is 7.98. The molecule has 0 spiro atoms. The highest BCUT2D eigenvalue weighted by Crippen LogP contribution is 2.35. The Kier molecular flexibility index (Phi) is 4.88. The number of likely N-dealkylation sites (tertiary alicyclic amines) is 1. The van der Waals surface area contributed by atoms with Gasteiger partial charge >= 0.3 is 5.97 Å². The summed E-state index contributed by atoms with van der Waals surface area (Å²) in [7, 11) is 0. The van der Waals surface area contributed by atoms with Crippen LogP contribution in [0, 0.1) is 11.3 Å². The molecule has 0 aromatic heterocycles. The van der Waals surface area contributed by atoms with Gasteiger partial charge in [0.1, 0.15) is 0 Å². The van der Waals surface area contributed by atoms with Gasteiger partial charge in [-0.05, 0) is 71.4 Å². The number of carboxylic acid groups (broad SMARTS) is 1. The number of carboxylic acids is 1. The third-order valence-electron chi connectivity index (χ3n) is 5.18. The molecular formula is C16H29NO2. The number of rotatable bonds is 6. The van der Waals surface area contributed by atoms with E-state index in [-0.39, 0.29) is 0 Å². The van der Waals surface area contributed by atoms with E-state index < -0.39 is 11.4 Å². The molecule has 1 heterocycles. The normalized spacial score (nSPS) is 26.1. The summed E-state index contributed by atoms with van der Waals surface area (Å²) in [6, 6.07) is 0.801. The van der Waals surface area contributed by atoms with E-state index >= 15 is 0 Å². The summed E-state index contributed by atoms with van der Waals surface area (Å²) in [5.41, 5.74) is -0.567. The van der Waals surface area contributed by atoms with Crippen molar-refractivity contribution in [3.05, 3.63) is 0 Å². The monoisotopic (exact) mass is 267 g/mol. The predicted octanol–water partition coefficient (Wildman–Crippen LogP) is 3.53. The Bertz CT molecular complexity index is 308. The Hall–Kier alpha value is -0.570. The highest BCUT2D eigenvalue weighted by molar-refractivity contribution is 5.73. The lowest BCUT2D eigenvalue weighted by Gasteiger charge is -2.30. The molecule has 3 nitrogen and oxygen atoms in total. The summed E-state index contributed by atoms with van der Waals surface area (Å²) in [6.07, 6.45) is 10.2. The summed E-state index contributed by atoms with van der Waals surface area (Å²) in [6.45, 7) is 6.01. The summed E-state index contributed by atoms with van der Waals surface area (Å²) in [5.74, 6) is 0.260. The zero-order valence-electron chi connectivity index (χ0n) is 12.5. The summed E-state index contributed by atoms with van der Waals surface area (Å²) >= 11 is 0. The second kappa shape index (κ2) is 6.25. The van der Waals surface area contributed by atoms with E-state index in [4.69, 9.17) is 5.11 Å². The maximum Gasteiger partial charge on any atom is 0.309 e. The minimum Gasteiger partial charge on any atom is -0.481 e. The topological polar surface area (TPSA) is 40.5 Å². The molecule has 1 aliphatic heterocycles. The molecule has 1 saturated carbocycles. The molecule has 2 fully saturated rings. The van der Waals surface area contributed by atoms with Crippen molar-refractivity contribution < 1.29 is 9.90 Å². The van der Waals surface area contributed by atoms with Gasteiger partial charge in [-0.3, -0.25) is 4.79 Å². The van der Waals surface area contributed by atoms with Gasteiger partial charge in [0.15, 0.2) is 0 Å². The average molecular weight is 267 g/mol. The second-order valence-corrected chi connectivity index (χ2v) is 7.08.